The lowest BCUT2D eigenvalue weighted by molar-refractivity contribution is -0.122. The first-order chi connectivity index (χ1) is 8.52. The summed E-state index contributed by atoms with van der Waals surface area (Å²) < 4.78 is 5.53. The molecule has 2 rings (SSSR count). The third-order valence-corrected chi connectivity index (χ3v) is 3.46. The van der Waals surface area contributed by atoms with Crippen LogP contribution >= 0.6 is 12.6 Å². The highest BCUT2D eigenvalue weighted by Gasteiger charge is 2.24. The van der Waals surface area contributed by atoms with Gasteiger partial charge in [-0.1, -0.05) is 6.07 Å². The summed E-state index contributed by atoms with van der Waals surface area (Å²) in [5.74, 6) is 1.34. The topological polar surface area (TPSA) is 41.6 Å². The number of hydrogen-bond acceptors (Lipinski definition) is 4. The first-order valence-electron chi connectivity index (χ1n) is 5.91. The minimum atomic E-state index is -0.433. The molecule has 0 radical (unpaired) electrons. The van der Waals surface area contributed by atoms with Gasteiger partial charge in [-0.2, -0.15) is 12.6 Å². The van der Waals surface area contributed by atoms with Gasteiger partial charge in [-0.05, 0) is 38.7 Å². The van der Waals surface area contributed by atoms with E-state index in [4.69, 9.17) is 4.74 Å². The van der Waals surface area contributed by atoms with Crippen molar-refractivity contribution in [1.29, 1.82) is 0 Å². The first kappa shape index (κ1) is 13.2. The molecule has 1 aliphatic heterocycles. The molecule has 98 valence electrons. The second-order valence-electron chi connectivity index (χ2n) is 4.67. The highest BCUT2D eigenvalue weighted by molar-refractivity contribution is 7.80. The minimum Gasteiger partial charge on any atom is -0.479 e. The summed E-state index contributed by atoms with van der Waals surface area (Å²) in [6.07, 6.45) is -0.433. The van der Waals surface area contributed by atoms with Crippen LogP contribution in [0.1, 0.15) is 18.5 Å². The highest BCUT2D eigenvalue weighted by Crippen LogP contribution is 2.33. The predicted molar refractivity (Wildman–Crippen MR) is 75.4 cm³/mol. The fourth-order valence-corrected chi connectivity index (χ4v) is 2.54. The van der Waals surface area contributed by atoms with Gasteiger partial charge in [0.1, 0.15) is 5.75 Å². The first-order valence-corrected chi connectivity index (χ1v) is 6.55. The van der Waals surface area contributed by atoms with Crippen LogP contribution in [-0.4, -0.2) is 36.8 Å². The molecule has 1 amide bonds. The maximum Gasteiger partial charge on any atom is 0.265 e. The molecule has 0 aromatic heterocycles. The quantitative estimate of drug-likeness (QED) is 0.822. The molecule has 4 nitrogen and oxygen atoms in total. The summed E-state index contributed by atoms with van der Waals surface area (Å²) in [7, 11) is 4.02. The number of thiol groups is 1. The molecule has 5 heteroatoms. The molecular weight excluding hydrogens is 248 g/mol. The van der Waals surface area contributed by atoms with E-state index in [1.54, 1.807) is 6.92 Å². The van der Waals surface area contributed by atoms with Gasteiger partial charge in [0.05, 0.1) is 5.69 Å². The Hall–Kier alpha value is -1.20. The fourth-order valence-electron chi connectivity index (χ4n) is 2.00. The van der Waals surface area contributed by atoms with Gasteiger partial charge in [-0.15, -0.1) is 0 Å². The third-order valence-electron chi connectivity index (χ3n) is 3.12. The molecule has 0 bridgehead atoms. The number of hydrogen-bond donors (Lipinski definition) is 2. The van der Waals surface area contributed by atoms with E-state index >= 15 is 0 Å². The van der Waals surface area contributed by atoms with Gasteiger partial charge in [0.25, 0.3) is 5.91 Å². The zero-order chi connectivity index (χ0) is 13.3. The van der Waals surface area contributed by atoms with E-state index in [0.717, 1.165) is 22.8 Å². The number of carbonyl (C=O) groups is 1. The Morgan fingerprint density at radius 2 is 2.22 bits per heavy atom. The van der Waals surface area contributed by atoms with E-state index in [1.807, 2.05) is 32.3 Å². The molecule has 1 N–H and O–H groups in total. The van der Waals surface area contributed by atoms with Crippen molar-refractivity contribution < 1.29 is 9.53 Å². The van der Waals surface area contributed by atoms with Crippen LogP contribution in [0.5, 0.6) is 5.75 Å². The molecule has 0 spiro atoms. The van der Waals surface area contributed by atoms with Crippen LogP contribution in [0.25, 0.3) is 0 Å². The number of amides is 1. The van der Waals surface area contributed by atoms with E-state index < -0.39 is 6.10 Å². The average molecular weight is 266 g/mol. The Kier molecular flexibility index (Phi) is 3.82. The molecule has 0 fully saturated rings. The molecule has 0 saturated heterocycles. The van der Waals surface area contributed by atoms with E-state index in [-0.39, 0.29) is 11.9 Å². The molecule has 0 saturated carbocycles. The lowest BCUT2D eigenvalue weighted by Crippen LogP contribution is -2.34. The van der Waals surface area contributed by atoms with Crippen molar-refractivity contribution in [1.82, 2.24) is 4.90 Å². The van der Waals surface area contributed by atoms with Crippen molar-refractivity contribution in [3.63, 3.8) is 0 Å². The maximum absolute atomic E-state index is 11.6. The highest BCUT2D eigenvalue weighted by atomic mass is 32.1. The Morgan fingerprint density at radius 1 is 1.50 bits per heavy atom. The maximum atomic E-state index is 11.6. The Labute approximate surface area is 113 Å². The van der Waals surface area contributed by atoms with Crippen molar-refractivity contribution in [2.75, 3.05) is 25.2 Å². The number of anilines is 1. The average Bonchev–Trinajstić information content (AvgIpc) is 2.31. The van der Waals surface area contributed by atoms with E-state index in [2.05, 4.69) is 22.8 Å². The fraction of sp³-hybridized carbons (Fsp3) is 0.462. The van der Waals surface area contributed by atoms with Gasteiger partial charge in [0.15, 0.2) is 6.10 Å². The lowest BCUT2D eigenvalue weighted by atomic mass is 10.1. The molecular formula is C13H18N2O2S. The van der Waals surface area contributed by atoms with Crippen LogP contribution in [-0.2, 0) is 4.79 Å². The van der Waals surface area contributed by atoms with Crippen molar-refractivity contribution in [2.45, 2.75) is 19.1 Å². The van der Waals surface area contributed by atoms with Gasteiger partial charge in [0, 0.05) is 11.8 Å². The van der Waals surface area contributed by atoms with Crippen LogP contribution in [0.3, 0.4) is 0 Å². The largest absolute Gasteiger partial charge is 0.479 e. The van der Waals surface area contributed by atoms with Gasteiger partial charge in [-0.25, -0.2) is 0 Å². The van der Waals surface area contributed by atoms with Crippen molar-refractivity contribution >= 4 is 24.2 Å². The zero-order valence-electron chi connectivity index (χ0n) is 10.8. The number of nitrogens with zero attached hydrogens (tertiary/aromatic N) is 1. The molecule has 18 heavy (non-hydrogen) atoms. The molecule has 1 aromatic carbocycles. The minimum absolute atomic E-state index is 0.105. The van der Waals surface area contributed by atoms with Crippen molar-refractivity contribution in [3.8, 4) is 5.75 Å². The van der Waals surface area contributed by atoms with Crippen molar-refractivity contribution in [2.24, 2.45) is 0 Å². The second-order valence-corrected chi connectivity index (χ2v) is 5.03. The molecule has 1 aromatic rings. The third kappa shape index (κ3) is 2.47. The molecule has 1 aliphatic rings. The number of ether oxygens (including phenoxy) is 1. The van der Waals surface area contributed by atoms with E-state index in [9.17, 15) is 4.79 Å². The summed E-state index contributed by atoms with van der Waals surface area (Å²) >= 11 is 4.36. The molecule has 2 atom stereocenters. The van der Waals surface area contributed by atoms with Crippen LogP contribution in [0.4, 0.5) is 5.69 Å². The summed E-state index contributed by atoms with van der Waals surface area (Å²) in [6, 6.07) is 6.10. The standard InChI is InChI=1S/C13H18N2O2S/c1-8-13(16)14-10-6-9(4-5-12(10)17-8)11(7-18)15(2)3/h4-6,8,11,18H,7H2,1-3H3,(H,14,16). The number of nitrogens with one attached hydrogen (secondary N) is 1. The molecule has 2 unspecified atom stereocenters. The monoisotopic (exact) mass is 266 g/mol. The lowest BCUT2D eigenvalue weighted by Gasteiger charge is -2.27. The van der Waals surface area contributed by atoms with Gasteiger partial charge in [-0.3, -0.25) is 4.79 Å². The zero-order valence-corrected chi connectivity index (χ0v) is 11.7. The SMILES string of the molecule is CC1Oc2ccc(C(CS)N(C)C)cc2NC1=O. The van der Waals surface area contributed by atoms with Crippen LogP contribution in [0.15, 0.2) is 18.2 Å². The summed E-state index contributed by atoms with van der Waals surface area (Å²) in [6.45, 7) is 1.74. The van der Waals surface area contributed by atoms with E-state index in [0.29, 0.717) is 0 Å². The van der Waals surface area contributed by atoms with Gasteiger partial charge < -0.3 is 15.0 Å². The number of benzene rings is 1. The van der Waals surface area contributed by atoms with Crippen LogP contribution < -0.4 is 10.1 Å². The normalized spacial score (nSPS) is 20.1. The second kappa shape index (κ2) is 5.20. The smallest absolute Gasteiger partial charge is 0.265 e. The molecule has 0 aliphatic carbocycles. The predicted octanol–water partition coefficient (Wildman–Crippen LogP) is 1.94. The van der Waals surface area contributed by atoms with Gasteiger partial charge >= 0.3 is 0 Å². The number of fused-ring (bicyclic) bond motifs is 1. The Bertz CT molecular complexity index is 462. The van der Waals surface area contributed by atoms with Crippen LogP contribution in [0, 0.1) is 0 Å². The summed E-state index contributed by atoms with van der Waals surface area (Å²) in [5, 5.41) is 2.86. The van der Waals surface area contributed by atoms with E-state index in [1.165, 1.54) is 0 Å². The molecule has 1 heterocycles. The van der Waals surface area contributed by atoms with Crippen molar-refractivity contribution in [3.05, 3.63) is 23.8 Å². The van der Waals surface area contributed by atoms with Crippen LogP contribution in [0.2, 0.25) is 0 Å². The Morgan fingerprint density at radius 3 is 2.83 bits per heavy atom. The van der Waals surface area contributed by atoms with Gasteiger partial charge in [0.2, 0.25) is 0 Å². The summed E-state index contributed by atoms with van der Waals surface area (Å²) in [4.78, 5) is 13.7. The Balaban J connectivity index is 2.32. The number of carbonyl (C=O) groups excluding carboxylic acids is 1. The number of rotatable bonds is 3. The summed E-state index contributed by atoms with van der Waals surface area (Å²) in [5.41, 5.74) is 1.86.